The Balaban J connectivity index is 1.61. The molecule has 0 bridgehead atoms. The molecular weight excluding hydrogens is 492 g/mol. The van der Waals surface area contributed by atoms with Crippen LogP contribution in [0.1, 0.15) is 19.3 Å². The van der Waals surface area contributed by atoms with Crippen LogP contribution in [-0.4, -0.2) is 31.6 Å². The van der Waals surface area contributed by atoms with Crippen molar-refractivity contribution in [3.8, 4) is 11.5 Å². The Labute approximate surface area is 169 Å². The average molecular weight is 507 g/mol. The summed E-state index contributed by atoms with van der Waals surface area (Å²) >= 11 is 25.9. The van der Waals surface area contributed by atoms with E-state index in [0.29, 0.717) is 32.4 Å². The van der Waals surface area contributed by atoms with Crippen molar-refractivity contribution in [2.45, 2.75) is 27.6 Å². The third kappa shape index (κ3) is 4.48. The third-order valence-corrected chi connectivity index (χ3v) is 6.77. The van der Waals surface area contributed by atoms with E-state index >= 15 is 0 Å². The molecule has 1 saturated heterocycles. The van der Waals surface area contributed by atoms with Crippen LogP contribution in [-0.2, 0) is 0 Å². The second-order valence-corrected chi connectivity index (χ2v) is 9.44. The van der Waals surface area contributed by atoms with Gasteiger partial charge in [0.15, 0.2) is 0 Å². The van der Waals surface area contributed by atoms with Crippen molar-refractivity contribution in [2.24, 2.45) is 5.92 Å². The van der Waals surface area contributed by atoms with Gasteiger partial charge in [-0.15, -0.1) is 23.2 Å². The van der Waals surface area contributed by atoms with Gasteiger partial charge in [-0.25, -0.2) is 0 Å². The summed E-state index contributed by atoms with van der Waals surface area (Å²) in [7, 11) is 0. The molecule has 126 valence electrons. The van der Waals surface area contributed by atoms with E-state index in [1.165, 1.54) is 0 Å². The molecule has 2 atom stereocenters. The molecule has 1 heterocycles. The lowest BCUT2D eigenvalue weighted by Gasteiger charge is -2.22. The fourth-order valence-electron chi connectivity index (χ4n) is 2.39. The van der Waals surface area contributed by atoms with Crippen LogP contribution >= 0.6 is 69.6 Å². The van der Waals surface area contributed by atoms with Crippen molar-refractivity contribution in [3.05, 3.63) is 23.2 Å². The van der Waals surface area contributed by atoms with Crippen molar-refractivity contribution in [1.82, 2.24) is 4.90 Å². The van der Waals surface area contributed by atoms with Gasteiger partial charge in [-0.1, -0.05) is 34.2 Å². The van der Waals surface area contributed by atoms with Crippen LogP contribution < -0.4 is 9.47 Å². The Hall–Kier alpha value is 0.310. The zero-order valence-corrected chi connectivity index (χ0v) is 17.3. The summed E-state index contributed by atoms with van der Waals surface area (Å²) in [6.45, 7) is 1.36. The summed E-state index contributed by atoms with van der Waals surface area (Å²) in [5.41, 5.74) is 0. The zero-order chi connectivity index (χ0) is 16.6. The summed E-state index contributed by atoms with van der Waals surface area (Å²) < 4.78 is 11.2. The molecule has 0 aromatic heterocycles. The number of nitrogens with zero attached hydrogens (tertiary/aromatic N) is 1. The van der Waals surface area contributed by atoms with Crippen LogP contribution in [0.5, 0.6) is 11.5 Å². The van der Waals surface area contributed by atoms with Gasteiger partial charge in [-0.3, -0.25) is 0 Å². The predicted molar refractivity (Wildman–Crippen MR) is 106 cm³/mol. The smallest absolute Gasteiger partial charge is 0.265 e. The molecule has 2 aliphatic rings. The SMILES string of the molecule is S=C(Oc1ccc(Cl)c(OCC2CC2(Cl)Cl)c1)N1CCCC1I. The van der Waals surface area contributed by atoms with Crippen LogP contribution in [0.15, 0.2) is 18.2 Å². The second kappa shape index (κ2) is 7.28. The quantitative estimate of drug-likeness (QED) is 0.235. The molecule has 3 rings (SSSR count). The van der Waals surface area contributed by atoms with Gasteiger partial charge in [0.05, 0.1) is 15.7 Å². The first-order valence-corrected chi connectivity index (χ1v) is 10.1. The lowest BCUT2D eigenvalue weighted by Crippen LogP contribution is -2.34. The van der Waals surface area contributed by atoms with Crippen LogP contribution in [0.2, 0.25) is 5.02 Å². The van der Waals surface area contributed by atoms with Gasteiger partial charge < -0.3 is 14.4 Å². The van der Waals surface area contributed by atoms with Gasteiger partial charge in [0.25, 0.3) is 5.17 Å². The van der Waals surface area contributed by atoms with Crippen molar-refractivity contribution in [1.29, 1.82) is 0 Å². The molecular formula is C15H15Cl3INO2S. The van der Waals surface area contributed by atoms with Crippen LogP contribution in [0.4, 0.5) is 0 Å². The van der Waals surface area contributed by atoms with E-state index in [-0.39, 0.29) is 5.92 Å². The highest BCUT2D eigenvalue weighted by atomic mass is 127. The number of hydrogen-bond donors (Lipinski definition) is 0. The van der Waals surface area contributed by atoms with E-state index in [1.807, 2.05) is 0 Å². The number of thiocarbonyl (C=S) groups is 1. The molecule has 0 spiro atoms. The van der Waals surface area contributed by atoms with Crippen LogP contribution in [0.25, 0.3) is 0 Å². The first-order chi connectivity index (χ1) is 10.9. The maximum Gasteiger partial charge on any atom is 0.265 e. The molecule has 1 aliphatic carbocycles. The number of rotatable bonds is 4. The highest BCUT2D eigenvalue weighted by Gasteiger charge is 2.52. The first-order valence-electron chi connectivity index (χ1n) is 7.29. The molecule has 1 aromatic rings. The number of likely N-dealkylation sites (tertiary alicyclic amines) is 1. The molecule has 2 unspecified atom stereocenters. The number of alkyl halides is 3. The molecule has 0 radical (unpaired) electrons. The van der Waals surface area contributed by atoms with Crippen molar-refractivity contribution in [2.75, 3.05) is 13.2 Å². The van der Waals surface area contributed by atoms with Gasteiger partial charge in [0, 0.05) is 18.5 Å². The normalized spacial score (nSPS) is 25.3. The molecule has 3 nitrogen and oxygen atoms in total. The number of benzene rings is 1. The van der Waals surface area contributed by atoms with Gasteiger partial charge in [-0.05, 0) is 43.6 Å². The highest BCUT2D eigenvalue weighted by Crippen LogP contribution is 2.53. The molecule has 23 heavy (non-hydrogen) atoms. The van der Waals surface area contributed by atoms with Gasteiger partial charge >= 0.3 is 0 Å². The minimum Gasteiger partial charge on any atom is -0.491 e. The summed E-state index contributed by atoms with van der Waals surface area (Å²) in [5, 5.41) is 1.00. The summed E-state index contributed by atoms with van der Waals surface area (Å²) in [5.74, 6) is 1.30. The molecule has 0 amide bonds. The lowest BCUT2D eigenvalue weighted by atomic mass is 10.3. The molecule has 0 N–H and O–H groups in total. The monoisotopic (exact) mass is 505 g/mol. The minimum absolute atomic E-state index is 0.136. The maximum atomic E-state index is 6.17. The fraction of sp³-hybridized carbons (Fsp3) is 0.533. The summed E-state index contributed by atoms with van der Waals surface area (Å²) in [6, 6.07) is 5.27. The van der Waals surface area contributed by atoms with Crippen LogP contribution in [0, 0.1) is 5.92 Å². The largest absolute Gasteiger partial charge is 0.491 e. The van der Waals surface area contributed by atoms with Gasteiger partial charge in [-0.2, -0.15) is 0 Å². The fourth-order valence-corrected chi connectivity index (χ4v) is 4.54. The first kappa shape index (κ1) is 18.1. The summed E-state index contributed by atoms with van der Waals surface area (Å²) in [4.78, 5) is 2.09. The molecule has 1 saturated carbocycles. The van der Waals surface area contributed by atoms with E-state index in [1.54, 1.807) is 18.2 Å². The van der Waals surface area contributed by atoms with E-state index in [0.717, 1.165) is 25.8 Å². The lowest BCUT2D eigenvalue weighted by molar-refractivity contribution is 0.297. The highest BCUT2D eigenvalue weighted by molar-refractivity contribution is 14.1. The van der Waals surface area contributed by atoms with E-state index in [2.05, 4.69) is 27.5 Å². The number of hydrogen-bond acceptors (Lipinski definition) is 3. The Kier molecular flexibility index (Phi) is 5.73. The van der Waals surface area contributed by atoms with Crippen LogP contribution in [0.3, 0.4) is 0 Å². The number of halogens is 4. The minimum atomic E-state index is -0.660. The third-order valence-electron chi connectivity index (χ3n) is 3.92. The Morgan fingerprint density at radius 3 is 2.78 bits per heavy atom. The number of ether oxygens (including phenoxy) is 2. The maximum absolute atomic E-state index is 6.17. The Morgan fingerprint density at radius 2 is 2.17 bits per heavy atom. The van der Waals surface area contributed by atoms with Gasteiger partial charge in [0.2, 0.25) is 0 Å². The Bertz CT molecular complexity index is 616. The molecule has 2 fully saturated rings. The average Bonchev–Trinajstić information content (AvgIpc) is 2.89. The standard InChI is InChI=1S/C15H15Cl3INO2S/c16-11-4-3-10(22-14(23)20-5-1-2-13(20)19)6-12(11)21-8-9-7-15(9,17)18/h3-4,6,9,13H,1-2,5,7-8H2. The predicted octanol–water partition coefficient (Wildman–Crippen LogP) is 5.43. The zero-order valence-electron chi connectivity index (χ0n) is 12.1. The van der Waals surface area contributed by atoms with Crippen molar-refractivity contribution < 1.29 is 9.47 Å². The molecule has 1 aliphatic heterocycles. The van der Waals surface area contributed by atoms with Crippen molar-refractivity contribution >= 4 is 74.8 Å². The van der Waals surface area contributed by atoms with E-state index < -0.39 is 4.33 Å². The summed E-state index contributed by atoms with van der Waals surface area (Å²) in [6.07, 6.45) is 2.99. The van der Waals surface area contributed by atoms with E-state index in [9.17, 15) is 0 Å². The Morgan fingerprint density at radius 1 is 1.43 bits per heavy atom. The van der Waals surface area contributed by atoms with Crippen molar-refractivity contribution in [3.63, 3.8) is 0 Å². The molecule has 1 aromatic carbocycles. The van der Waals surface area contributed by atoms with E-state index in [4.69, 9.17) is 56.5 Å². The second-order valence-electron chi connectivity index (χ2n) is 5.70. The topological polar surface area (TPSA) is 21.7 Å². The molecule has 8 heteroatoms. The van der Waals surface area contributed by atoms with Gasteiger partial charge in [0.1, 0.15) is 15.8 Å².